The van der Waals surface area contributed by atoms with Crippen molar-refractivity contribution in [2.75, 3.05) is 6.61 Å². The summed E-state index contributed by atoms with van der Waals surface area (Å²) < 4.78 is 7.30. The Kier molecular flexibility index (Phi) is 4.27. The number of nitrogens with zero attached hydrogens (tertiary/aromatic N) is 2. The van der Waals surface area contributed by atoms with E-state index in [1.807, 2.05) is 14.0 Å². The lowest BCUT2D eigenvalue weighted by Gasteiger charge is -2.21. The van der Waals surface area contributed by atoms with Crippen LogP contribution in [-0.2, 0) is 18.2 Å². The molecule has 5 nitrogen and oxygen atoms in total. The summed E-state index contributed by atoms with van der Waals surface area (Å²) in [6.07, 6.45) is 2.14. The summed E-state index contributed by atoms with van der Waals surface area (Å²) in [5.41, 5.74) is 4.94. The molecule has 1 aromatic heterocycles. The number of aromatic nitrogens is 2. The first-order chi connectivity index (χ1) is 8.52. The topological polar surface area (TPSA) is 65.1 Å². The Hall–Kier alpha value is -0.620. The second-order valence-electron chi connectivity index (χ2n) is 5.10. The van der Waals surface area contributed by atoms with E-state index in [1.54, 1.807) is 4.68 Å². The van der Waals surface area contributed by atoms with Gasteiger partial charge in [0.15, 0.2) is 0 Å². The van der Waals surface area contributed by atoms with Crippen LogP contribution in [0, 0.1) is 12.8 Å². The van der Waals surface area contributed by atoms with Gasteiger partial charge in [-0.3, -0.25) is 16.0 Å². The average molecular weight is 273 g/mol. The predicted molar refractivity (Wildman–Crippen MR) is 71.3 cm³/mol. The molecule has 0 amide bonds. The Morgan fingerprint density at radius 1 is 1.67 bits per heavy atom. The zero-order chi connectivity index (χ0) is 13.3. The van der Waals surface area contributed by atoms with Crippen molar-refractivity contribution in [2.24, 2.45) is 18.8 Å². The molecule has 0 saturated carbocycles. The highest BCUT2D eigenvalue weighted by molar-refractivity contribution is 6.30. The molecule has 0 spiro atoms. The van der Waals surface area contributed by atoms with Gasteiger partial charge in [-0.05, 0) is 26.7 Å². The van der Waals surface area contributed by atoms with Crippen molar-refractivity contribution in [2.45, 2.75) is 38.8 Å². The lowest BCUT2D eigenvalue weighted by molar-refractivity contribution is 0.117. The molecule has 0 radical (unpaired) electrons. The van der Waals surface area contributed by atoms with Crippen molar-refractivity contribution >= 4 is 11.6 Å². The summed E-state index contributed by atoms with van der Waals surface area (Å²) in [5, 5.41) is 5.02. The highest BCUT2D eigenvalue weighted by Gasteiger charge is 2.30. The first kappa shape index (κ1) is 13.8. The van der Waals surface area contributed by atoms with E-state index in [0.717, 1.165) is 30.7 Å². The van der Waals surface area contributed by atoms with Crippen molar-refractivity contribution in [3.8, 4) is 0 Å². The molecule has 3 atom stereocenters. The molecule has 2 heterocycles. The molecule has 1 fully saturated rings. The molecule has 0 aromatic carbocycles. The Labute approximate surface area is 113 Å². The summed E-state index contributed by atoms with van der Waals surface area (Å²) in [5.74, 6) is 6.11. The average Bonchev–Trinajstić information content (AvgIpc) is 2.84. The molecule has 102 valence electrons. The zero-order valence-electron chi connectivity index (χ0n) is 11.1. The number of rotatable bonds is 4. The van der Waals surface area contributed by atoms with Crippen molar-refractivity contribution in [3.63, 3.8) is 0 Å². The van der Waals surface area contributed by atoms with Gasteiger partial charge < -0.3 is 4.74 Å². The van der Waals surface area contributed by atoms with Gasteiger partial charge in [-0.15, -0.1) is 0 Å². The number of hydrogen-bond acceptors (Lipinski definition) is 4. The molecule has 18 heavy (non-hydrogen) atoms. The first-order valence-electron chi connectivity index (χ1n) is 6.28. The maximum Gasteiger partial charge on any atom is 0.130 e. The Balaban J connectivity index is 2.10. The summed E-state index contributed by atoms with van der Waals surface area (Å²) >= 11 is 6.25. The molecule has 0 bridgehead atoms. The molecule has 3 N–H and O–H groups in total. The molecule has 1 aromatic rings. The maximum atomic E-state index is 6.25. The second kappa shape index (κ2) is 5.57. The molecule has 6 heteroatoms. The van der Waals surface area contributed by atoms with E-state index < -0.39 is 0 Å². The fourth-order valence-corrected chi connectivity index (χ4v) is 2.87. The third-order valence-electron chi connectivity index (χ3n) is 3.71. The van der Waals surface area contributed by atoms with Gasteiger partial charge in [0.05, 0.1) is 18.4 Å². The molecule has 1 saturated heterocycles. The van der Waals surface area contributed by atoms with Crippen LogP contribution in [0.1, 0.15) is 24.6 Å². The minimum absolute atomic E-state index is 0.176. The molecule has 0 aliphatic carbocycles. The first-order valence-corrected chi connectivity index (χ1v) is 6.66. The van der Waals surface area contributed by atoms with E-state index in [-0.39, 0.29) is 6.04 Å². The van der Waals surface area contributed by atoms with Crippen LogP contribution in [0.4, 0.5) is 0 Å². The van der Waals surface area contributed by atoms with Gasteiger partial charge >= 0.3 is 0 Å². The van der Waals surface area contributed by atoms with Crippen LogP contribution in [0.25, 0.3) is 0 Å². The van der Waals surface area contributed by atoms with Crippen LogP contribution in [0.2, 0.25) is 5.15 Å². The van der Waals surface area contributed by atoms with Crippen molar-refractivity contribution in [3.05, 3.63) is 16.4 Å². The number of hydrogen-bond donors (Lipinski definition) is 2. The minimum Gasteiger partial charge on any atom is -0.378 e. The zero-order valence-corrected chi connectivity index (χ0v) is 11.9. The van der Waals surface area contributed by atoms with E-state index in [4.69, 9.17) is 22.2 Å². The lowest BCUT2D eigenvalue weighted by Crippen LogP contribution is -2.43. The van der Waals surface area contributed by atoms with Crippen LogP contribution < -0.4 is 11.3 Å². The Morgan fingerprint density at radius 2 is 2.39 bits per heavy atom. The monoisotopic (exact) mass is 272 g/mol. The largest absolute Gasteiger partial charge is 0.378 e. The molecule has 2 rings (SSSR count). The van der Waals surface area contributed by atoms with Gasteiger partial charge in [0.25, 0.3) is 0 Å². The summed E-state index contributed by atoms with van der Waals surface area (Å²) in [4.78, 5) is 0. The number of nitrogens with two attached hydrogens (primary N) is 1. The molecular formula is C12H21ClN4O. The van der Waals surface area contributed by atoms with E-state index in [1.165, 1.54) is 0 Å². The van der Waals surface area contributed by atoms with Gasteiger partial charge in [0, 0.05) is 24.6 Å². The van der Waals surface area contributed by atoms with Gasteiger partial charge in [-0.2, -0.15) is 5.10 Å². The highest BCUT2D eigenvalue weighted by atomic mass is 35.5. The van der Waals surface area contributed by atoms with Crippen molar-refractivity contribution < 1.29 is 4.74 Å². The number of hydrazine groups is 1. The van der Waals surface area contributed by atoms with E-state index in [9.17, 15) is 0 Å². The van der Waals surface area contributed by atoms with Gasteiger partial charge in [-0.1, -0.05) is 11.6 Å². The molecule has 1 aliphatic rings. The Morgan fingerprint density at radius 3 is 2.83 bits per heavy atom. The fourth-order valence-electron chi connectivity index (χ4n) is 2.62. The third kappa shape index (κ3) is 2.69. The van der Waals surface area contributed by atoms with Gasteiger partial charge in [0.2, 0.25) is 0 Å². The van der Waals surface area contributed by atoms with Crippen molar-refractivity contribution in [1.82, 2.24) is 15.2 Å². The van der Waals surface area contributed by atoms with Gasteiger partial charge in [0.1, 0.15) is 5.15 Å². The number of ether oxygens (including phenoxy) is 1. The van der Waals surface area contributed by atoms with Crippen molar-refractivity contribution in [1.29, 1.82) is 0 Å². The maximum absolute atomic E-state index is 6.25. The van der Waals surface area contributed by atoms with E-state index >= 15 is 0 Å². The quantitative estimate of drug-likeness (QED) is 0.638. The number of halogens is 1. The highest BCUT2D eigenvalue weighted by Crippen LogP contribution is 2.27. The second-order valence-corrected chi connectivity index (χ2v) is 5.45. The van der Waals surface area contributed by atoms with Crippen LogP contribution >= 0.6 is 11.6 Å². The summed E-state index contributed by atoms with van der Waals surface area (Å²) in [6.45, 7) is 4.82. The van der Waals surface area contributed by atoms with Crippen LogP contribution in [0.15, 0.2) is 0 Å². The minimum atomic E-state index is 0.176. The summed E-state index contributed by atoms with van der Waals surface area (Å²) in [6, 6.07) is 0.176. The van der Waals surface area contributed by atoms with Gasteiger partial charge in [-0.25, -0.2) is 0 Å². The Bertz CT molecular complexity index is 420. The number of aryl methyl sites for hydroxylation is 2. The van der Waals surface area contributed by atoms with E-state index in [2.05, 4.69) is 17.4 Å². The smallest absolute Gasteiger partial charge is 0.130 e. The van der Waals surface area contributed by atoms with Crippen LogP contribution in [-0.4, -0.2) is 28.5 Å². The van der Waals surface area contributed by atoms with Crippen LogP contribution in [0.5, 0.6) is 0 Å². The fraction of sp³-hybridized carbons (Fsp3) is 0.750. The summed E-state index contributed by atoms with van der Waals surface area (Å²) in [7, 11) is 1.85. The SMILES string of the molecule is Cc1nn(C)c(Cl)c1CC(NN)C1COC(C)C1. The van der Waals surface area contributed by atoms with E-state index in [0.29, 0.717) is 17.2 Å². The third-order valence-corrected chi connectivity index (χ3v) is 4.18. The number of nitrogens with one attached hydrogen (secondary N) is 1. The molecule has 1 aliphatic heterocycles. The molecule has 3 unspecified atom stereocenters. The predicted octanol–water partition coefficient (Wildman–Crippen LogP) is 1.18. The molecular weight excluding hydrogens is 252 g/mol. The lowest BCUT2D eigenvalue weighted by atomic mass is 9.92. The normalized spacial score (nSPS) is 25.6. The standard InChI is InChI=1S/C12H21ClN4O/c1-7-4-9(6-18-7)11(15-14)5-10-8(2)16-17(3)12(10)13/h7,9,11,15H,4-6,14H2,1-3H3. The van der Waals surface area contributed by atoms with Crippen LogP contribution in [0.3, 0.4) is 0 Å².